The van der Waals surface area contributed by atoms with Gasteiger partial charge in [-0.15, -0.1) is 11.3 Å². The van der Waals surface area contributed by atoms with Crippen molar-refractivity contribution in [2.24, 2.45) is 0 Å². The number of fused-ring (bicyclic) bond motifs is 1. The van der Waals surface area contributed by atoms with Crippen LogP contribution in [0.2, 0.25) is 0 Å². The molecule has 3 rings (SSSR count). The number of rotatable bonds is 2. The van der Waals surface area contributed by atoms with Crippen LogP contribution in [0.1, 0.15) is 23.1 Å². The molecule has 2 aliphatic heterocycles. The molecule has 100 valence electrons. The summed E-state index contributed by atoms with van der Waals surface area (Å²) >= 11 is 1.90. The monoisotopic (exact) mass is 266 g/mol. The minimum atomic E-state index is -0.105. The fourth-order valence-corrected chi connectivity index (χ4v) is 4.18. The van der Waals surface area contributed by atoms with Crippen molar-refractivity contribution < 1.29 is 5.11 Å². The molecule has 2 fully saturated rings. The summed E-state index contributed by atoms with van der Waals surface area (Å²) in [7, 11) is 0. The number of aryl methyl sites for hydroxylation is 1. The maximum atomic E-state index is 9.77. The van der Waals surface area contributed by atoms with Crippen LogP contribution in [0, 0.1) is 6.92 Å². The Labute approximate surface area is 113 Å². The molecule has 18 heavy (non-hydrogen) atoms. The highest BCUT2D eigenvalue weighted by molar-refractivity contribution is 7.11. The normalized spacial score (nSPS) is 33.8. The summed E-state index contributed by atoms with van der Waals surface area (Å²) in [6.07, 6.45) is 0.846. The zero-order valence-electron chi connectivity index (χ0n) is 11.2. The molecule has 2 saturated heterocycles. The van der Waals surface area contributed by atoms with Gasteiger partial charge < -0.3 is 5.11 Å². The fraction of sp³-hybridized carbons (Fsp3) is 0.714. The first-order valence-electron chi connectivity index (χ1n) is 6.83. The molecule has 0 radical (unpaired) electrons. The number of thiophene rings is 1. The van der Waals surface area contributed by atoms with E-state index in [0.29, 0.717) is 12.1 Å². The van der Waals surface area contributed by atoms with E-state index in [-0.39, 0.29) is 6.10 Å². The number of nitrogens with zero attached hydrogens (tertiary/aromatic N) is 2. The third-order valence-corrected chi connectivity index (χ3v) is 5.21. The summed E-state index contributed by atoms with van der Waals surface area (Å²) in [5.41, 5.74) is 0. The van der Waals surface area contributed by atoms with Crippen LogP contribution in [-0.2, 0) is 6.54 Å². The van der Waals surface area contributed by atoms with Crippen LogP contribution in [0.15, 0.2) is 12.1 Å². The van der Waals surface area contributed by atoms with Crippen LogP contribution in [0.25, 0.3) is 0 Å². The highest BCUT2D eigenvalue weighted by Gasteiger charge is 2.37. The smallest absolute Gasteiger partial charge is 0.0682 e. The van der Waals surface area contributed by atoms with E-state index in [1.54, 1.807) is 0 Å². The van der Waals surface area contributed by atoms with Gasteiger partial charge in [0.1, 0.15) is 0 Å². The van der Waals surface area contributed by atoms with Gasteiger partial charge in [0.05, 0.1) is 6.10 Å². The summed E-state index contributed by atoms with van der Waals surface area (Å²) in [4.78, 5) is 7.90. The molecular formula is C14H22N2OS. The minimum Gasteiger partial charge on any atom is -0.392 e. The average molecular weight is 266 g/mol. The van der Waals surface area contributed by atoms with Crippen molar-refractivity contribution in [1.29, 1.82) is 0 Å². The summed E-state index contributed by atoms with van der Waals surface area (Å²) in [6, 6.07) is 5.62. The van der Waals surface area contributed by atoms with Crippen molar-refractivity contribution in [3.8, 4) is 0 Å². The van der Waals surface area contributed by atoms with Crippen molar-refractivity contribution in [3.63, 3.8) is 0 Å². The Bertz CT molecular complexity index is 420. The van der Waals surface area contributed by atoms with Crippen molar-refractivity contribution in [2.75, 3.05) is 19.6 Å². The largest absolute Gasteiger partial charge is 0.392 e. The number of aliphatic hydroxyl groups is 1. The molecule has 3 nitrogen and oxygen atoms in total. The molecule has 0 saturated carbocycles. The lowest BCUT2D eigenvalue weighted by Gasteiger charge is -2.42. The van der Waals surface area contributed by atoms with Crippen LogP contribution in [0.3, 0.4) is 0 Å². The Morgan fingerprint density at radius 3 is 2.89 bits per heavy atom. The van der Waals surface area contributed by atoms with Gasteiger partial charge in [-0.3, -0.25) is 9.80 Å². The van der Waals surface area contributed by atoms with Crippen molar-refractivity contribution in [1.82, 2.24) is 9.80 Å². The highest BCUT2D eigenvalue weighted by Crippen LogP contribution is 2.27. The second-order valence-corrected chi connectivity index (χ2v) is 7.16. The van der Waals surface area contributed by atoms with Gasteiger partial charge in [0.2, 0.25) is 0 Å². The van der Waals surface area contributed by atoms with Gasteiger partial charge in [0, 0.05) is 48.0 Å². The molecule has 1 aromatic rings. The predicted octanol–water partition coefficient (Wildman–Crippen LogP) is 1.70. The van der Waals surface area contributed by atoms with Gasteiger partial charge in [-0.1, -0.05) is 0 Å². The second-order valence-electron chi connectivity index (χ2n) is 5.79. The van der Waals surface area contributed by atoms with Crippen molar-refractivity contribution in [2.45, 2.75) is 45.0 Å². The standard InChI is InChI=1S/C14H22N2OS/c1-10-6-16-8-13(17)5-12(16)7-15(10)9-14-4-3-11(2)18-14/h3-4,10,12-13,17H,5-9H2,1-2H3/t10-,12?,13-/m1/s1. The zero-order chi connectivity index (χ0) is 12.7. The van der Waals surface area contributed by atoms with Gasteiger partial charge in [-0.2, -0.15) is 0 Å². The summed E-state index contributed by atoms with van der Waals surface area (Å²) < 4.78 is 0. The molecule has 0 bridgehead atoms. The van der Waals surface area contributed by atoms with Crippen molar-refractivity contribution in [3.05, 3.63) is 21.9 Å². The molecule has 1 N–H and O–H groups in total. The first kappa shape index (κ1) is 12.6. The molecule has 1 unspecified atom stereocenters. The molecule has 2 aliphatic rings. The molecule has 3 heterocycles. The van der Waals surface area contributed by atoms with Gasteiger partial charge in [-0.25, -0.2) is 0 Å². The SMILES string of the molecule is Cc1ccc(CN2CC3C[C@@H](O)CN3C[C@H]2C)s1. The van der Waals surface area contributed by atoms with E-state index in [9.17, 15) is 5.11 Å². The molecule has 4 heteroatoms. The van der Waals surface area contributed by atoms with Crippen LogP contribution in [-0.4, -0.2) is 52.7 Å². The Balaban J connectivity index is 1.66. The number of aliphatic hydroxyl groups excluding tert-OH is 1. The van der Waals surface area contributed by atoms with Gasteiger partial charge in [-0.05, 0) is 32.4 Å². The number of piperazine rings is 1. The van der Waals surface area contributed by atoms with Crippen LogP contribution in [0.5, 0.6) is 0 Å². The Kier molecular flexibility index (Phi) is 3.45. The van der Waals surface area contributed by atoms with E-state index in [1.165, 1.54) is 9.75 Å². The first-order valence-corrected chi connectivity index (χ1v) is 7.65. The topological polar surface area (TPSA) is 26.7 Å². The van der Waals surface area contributed by atoms with Gasteiger partial charge in [0.25, 0.3) is 0 Å². The third-order valence-electron chi connectivity index (χ3n) is 4.23. The Morgan fingerprint density at radius 2 is 2.17 bits per heavy atom. The lowest BCUT2D eigenvalue weighted by molar-refractivity contribution is 0.0535. The maximum Gasteiger partial charge on any atom is 0.0682 e. The van der Waals surface area contributed by atoms with Crippen LogP contribution < -0.4 is 0 Å². The van der Waals surface area contributed by atoms with E-state index in [4.69, 9.17) is 0 Å². The number of hydrogen-bond acceptors (Lipinski definition) is 4. The molecule has 3 atom stereocenters. The van der Waals surface area contributed by atoms with Crippen LogP contribution in [0.4, 0.5) is 0 Å². The summed E-state index contributed by atoms with van der Waals surface area (Å²) in [6.45, 7) is 8.63. The van der Waals surface area contributed by atoms with E-state index in [1.807, 2.05) is 11.3 Å². The Morgan fingerprint density at radius 1 is 1.33 bits per heavy atom. The first-order chi connectivity index (χ1) is 8.61. The molecule has 0 amide bonds. The van der Waals surface area contributed by atoms with E-state index < -0.39 is 0 Å². The van der Waals surface area contributed by atoms with E-state index in [2.05, 4.69) is 35.8 Å². The second kappa shape index (κ2) is 4.93. The predicted molar refractivity (Wildman–Crippen MR) is 74.9 cm³/mol. The van der Waals surface area contributed by atoms with E-state index >= 15 is 0 Å². The maximum absolute atomic E-state index is 9.77. The van der Waals surface area contributed by atoms with Crippen LogP contribution >= 0.6 is 11.3 Å². The Hall–Kier alpha value is -0.420. The molecule has 0 aromatic carbocycles. The van der Waals surface area contributed by atoms with Crippen molar-refractivity contribution >= 4 is 11.3 Å². The zero-order valence-corrected chi connectivity index (χ0v) is 12.0. The third kappa shape index (κ3) is 2.48. The lowest BCUT2D eigenvalue weighted by atomic mass is 10.1. The minimum absolute atomic E-state index is 0.105. The summed E-state index contributed by atoms with van der Waals surface area (Å²) in [5, 5.41) is 9.77. The highest BCUT2D eigenvalue weighted by atomic mass is 32.1. The molecular weight excluding hydrogens is 244 g/mol. The van der Waals surface area contributed by atoms with Gasteiger partial charge in [0.15, 0.2) is 0 Å². The molecule has 1 aromatic heterocycles. The van der Waals surface area contributed by atoms with Gasteiger partial charge >= 0.3 is 0 Å². The molecule has 0 spiro atoms. The lowest BCUT2D eigenvalue weighted by Crippen LogP contribution is -2.54. The number of hydrogen-bond donors (Lipinski definition) is 1. The average Bonchev–Trinajstić information content (AvgIpc) is 2.85. The quantitative estimate of drug-likeness (QED) is 0.882. The van der Waals surface area contributed by atoms with E-state index in [0.717, 1.165) is 32.6 Å². The summed E-state index contributed by atoms with van der Waals surface area (Å²) in [5.74, 6) is 0. The fourth-order valence-electron chi connectivity index (χ4n) is 3.27. The molecule has 0 aliphatic carbocycles.